The van der Waals surface area contributed by atoms with Crippen LogP contribution >= 0.6 is 0 Å². The van der Waals surface area contributed by atoms with E-state index in [-0.39, 0.29) is 0 Å². The summed E-state index contributed by atoms with van der Waals surface area (Å²) in [5.74, 6) is -32.1. The van der Waals surface area contributed by atoms with E-state index in [1.54, 1.807) is 0 Å². The summed E-state index contributed by atoms with van der Waals surface area (Å²) >= 11 is 0. The monoisotopic (exact) mass is 588 g/mol. The smallest absolute Gasteiger partial charge is 0.460 e. The van der Waals surface area contributed by atoms with Gasteiger partial charge in [0.15, 0.2) is 0 Å². The average Bonchev–Trinajstić information content (AvgIpc) is 2.56. The number of rotatable bonds is 10. The lowest BCUT2D eigenvalue weighted by Gasteiger charge is -2.41. The van der Waals surface area contributed by atoms with Crippen molar-refractivity contribution in [3.05, 3.63) is 0 Å². The number of ether oxygens (including phenoxy) is 3. The Bertz CT molecular complexity index is 848. The number of carboxylic acid groups (broad SMARTS) is 2. The molecule has 2 N–H and O–H groups in total. The number of carbonyl (C=O) groups is 2. The summed E-state index contributed by atoms with van der Waals surface area (Å²) in [6.45, 7) is 0. The third-order valence-electron chi connectivity index (χ3n) is 3.17. The molecule has 0 rings (SSSR count). The molecule has 0 saturated carbocycles. The third-order valence-corrected chi connectivity index (χ3v) is 3.17. The summed E-state index contributed by atoms with van der Waals surface area (Å²) in [4.78, 5) is 20.2. The van der Waals surface area contributed by atoms with Crippen molar-refractivity contribution in [3.63, 3.8) is 0 Å². The van der Waals surface area contributed by atoms with Crippen molar-refractivity contribution < 1.29 is 113 Å². The lowest BCUT2D eigenvalue weighted by Crippen LogP contribution is -2.70. The van der Waals surface area contributed by atoms with E-state index in [1.807, 2.05) is 0 Å². The predicted octanol–water partition coefficient (Wildman–Crippen LogP) is 4.67. The van der Waals surface area contributed by atoms with E-state index < -0.39 is 66.4 Å². The topological polar surface area (TPSA) is 102 Å². The first-order chi connectivity index (χ1) is 15.3. The quantitative estimate of drug-likeness (QED) is 0.358. The maximum Gasteiger partial charge on any atom is 0.460 e. The molecule has 0 aromatic carbocycles. The van der Waals surface area contributed by atoms with Gasteiger partial charge in [0.1, 0.15) is 0 Å². The zero-order valence-electron chi connectivity index (χ0n) is 15.2. The Balaban J connectivity index is 7.05. The first-order valence-corrected chi connectivity index (χ1v) is 7.23. The van der Waals surface area contributed by atoms with Gasteiger partial charge < -0.3 is 10.2 Å². The fourth-order valence-electron chi connectivity index (χ4n) is 1.49. The Morgan fingerprint density at radius 3 is 1.00 bits per heavy atom. The van der Waals surface area contributed by atoms with Gasteiger partial charge in [0.05, 0.1) is 0 Å². The van der Waals surface area contributed by atoms with Gasteiger partial charge in [0, 0.05) is 0 Å². The summed E-state index contributed by atoms with van der Waals surface area (Å²) < 4.78 is 238. The highest BCUT2D eigenvalue weighted by Gasteiger charge is 2.86. The molecule has 36 heavy (non-hydrogen) atoms. The number of aliphatic carboxylic acids is 2. The second-order valence-corrected chi connectivity index (χ2v) is 5.75. The molecule has 3 unspecified atom stereocenters. The summed E-state index contributed by atoms with van der Waals surface area (Å²) in [5.41, 5.74) is 0. The Kier molecular flexibility index (Phi) is 8.24. The maximum atomic E-state index is 13.9. The molecule has 7 nitrogen and oxygen atoms in total. The fourth-order valence-corrected chi connectivity index (χ4v) is 1.49. The molecule has 0 aliphatic rings. The van der Waals surface area contributed by atoms with Gasteiger partial charge in [0.25, 0.3) is 0 Å². The Labute approximate surface area is 181 Å². The van der Waals surface area contributed by atoms with E-state index in [0.29, 0.717) is 0 Å². The van der Waals surface area contributed by atoms with Gasteiger partial charge in [-0.15, -0.1) is 0 Å². The molecule has 214 valence electrons. The number of hydrogen-bond acceptors (Lipinski definition) is 5. The number of alkyl halides is 18. The molecule has 0 heterocycles. The van der Waals surface area contributed by atoms with Crippen LogP contribution in [0.5, 0.6) is 0 Å². The standard InChI is InChI=1S/C11H2F18O7/c12-3(1(30)31,7(17,18)19)34-10(26,27)6(16,9(23,24)25)36-11(28,29)5(15,8(20,21)22)35-4(13,14)2(32)33/h(H,30,31)(H,32,33). The average molecular weight is 588 g/mol. The van der Waals surface area contributed by atoms with Crippen molar-refractivity contribution in [3.8, 4) is 0 Å². The highest BCUT2D eigenvalue weighted by Crippen LogP contribution is 2.57. The van der Waals surface area contributed by atoms with Crippen LogP contribution in [-0.2, 0) is 23.8 Å². The largest absolute Gasteiger partial charge is 0.477 e. The predicted molar refractivity (Wildman–Crippen MR) is 63.0 cm³/mol. The maximum absolute atomic E-state index is 13.9. The molecule has 0 aromatic heterocycles. The summed E-state index contributed by atoms with van der Waals surface area (Å²) in [7, 11) is 0. The zero-order chi connectivity index (χ0) is 29.8. The van der Waals surface area contributed by atoms with Crippen LogP contribution in [0.15, 0.2) is 0 Å². The first kappa shape index (κ1) is 33.6. The van der Waals surface area contributed by atoms with E-state index >= 15 is 0 Å². The minimum atomic E-state index is -8.36. The number of halogens is 18. The first-order valence-electron chi connectivity index (χ1n) is 7.23. The molecule has 0 saturated heterocycles. The van der Waals surface area contributed by atoms with E-state index in [9.17, 15) is 88.6 Å². The van der Waals surface area contributed by atoms with Gasteiger partial charge in [0.2, 0.25) is 0 Å². The van der Waals surface area contributed by atoms with E-state index in [2.05, 4.69) is 0 Å². The second-order valence-electron chi connectivity index (χ2n) is 5.75. The summed E-state index contributed by atoms with van der Waals surface area (Å²) in [5, 5.41) is 15.7. The second kappa shape index (κ2) is 8.84. The van der Waals surface area contributed by atoms with E-state index in [1.165, 1.54) is 14.2 Å². The van der Waals surface area contributed by atoms with Crippen molar-refractivity contribution in [2.45, 2.75) is 54.4 Å². The lowest BCUT2D eigenvalue weighted by atomic mass is 10.2. The SMILES string of the molecule is O=C(O)C(F)(F)OC(F)(C(F)(F)F)C(F)(F)OC(F)(C(F)(F)F)C(F)(F)OC(F)(C(=O)O)C(F)(F)F. The highest BCUT2D eigenvalue weighted by molar-refractivity contribution is 5.76. The van der Waals surface area contributed by atoms with E-state index in [0.717, 1.165) is 0 Å². The van der Waals surface area contributed by atoms with Gasteiger partial charge in [-0.1, -0.05) is 0 Å². The Morgan fingerprint density at radius 1 is 0.444 bits per heavy atom. The molecule has 0 aliphatic heterocycles. The molecule has 0 amide bonds. The molecule has 0 fully saturated rings. The van der Waals surface area contributed by atoms with Gasteiger partial charge in [-0.2, -0.15) is 79.0 Å². The van der Waals surface area contributed by atoms with Gasteiger partial charge >= 0.3 is 66.4 Å². The van der Waals surface area contributed by atoms with Gasteiger partial charge in [-0.3, -0.25) is 14.2 Å². The fraction of sp³-hybridized carbons (Fsp3) is 0.818. The van der Waals surface area contributed by atoms with E-state index in [4.69, 9.17) is 10.2 Å². The molecular weight excluding hydrogens is 586 g/mol. The van der Waals surface area contributed by atoms with Crippen molar-refractivity contribution in [1.82, 2.24) is 0 Å². The minimum absolute atomic E-state index is 1.24. The van der Waals surface area contributed by atoms with Crippen LogP contribution in [0, 0.1) is 0 Å². The third kappa shape index (κ3) is 5.60. The molecule has 0 aromatic rings. The van der Waals surface area contributed by atoms with Crippen LogP contribution in [0.2, 0.25) is 0 Å². The van der Waals surface area contributed by atoms with Crippen molar-refractivity contribution in [2.24, 2.45) is 0 Å². The van der Waals surface area contributed by atoms with Crippen LogP contribution in [0.1, 0.15) is 0 Å². The Morgan fingerprint density at radius 2 is 0.750 bits per heavy atom. The van der Waals surface area contributed by atoms with Crippen molar-refractivity contribution >= 4 is 11.9 Å². The number of carboxylic acids is 2. The van der Waals surface area contributed by atoms with Crippen LogP contribution in [0.3, 0.4) is 0 Å². The van der Waals surface area contributed by atoms with Crippen molar-refractivity contribution in [2.75, 3.05) is 0 Å². The molecule has 3 atom stereocenters. The van der Waals surface area contributed by atoms with Crippen LogP contribution in [-0.4, -0.2) is 76.6 Å². The van der Waals surface area contributed by atoms with Crippen LogP contribution < -0.4 is 0 Å². The zero-order valence-corrected chi connectivity index (χ0v) is 15.2. The summed E-state index contributed by atoms with van der Waals surface area (Å²) in [6, 6.07) is 0. The van der Waals surface area contributed by atoms with Gasteiger partial charge in [-0.05, 0) is 0 Å². The number of hydrogen-bond donors (Lipinski definition) is 2. The lowest BCUT2D eigenvalue weighted by molar-refractivity contribution is -0.566. The Hall–Kier alpha value is -2.44. The molecule has 0 bridgehead atoms. The van der Waals surface area contributed by atoms with Crippen molar-refractivity contribution in [1.29, 1.82) is 0 Å². The van der Waals surface area contributed by atoms with Crippen LogP contribution in [0.4, 0.5) is 79.0 Å². The molecular formula is C11H2F18O7. The minimum Gasteiger partial charge on any atom is -0.477 e. The molecule has 0 spiro atoms. The summed E-state index contributed by atoms with van der Waals surface area (Å²) in [6.07, 6.45) is -46.9. The highest BCUT2D eigenvalue weighted by atomic mass is 19.4. The molecule has 0 radical (unpaired) electrons. The molecule has 25 heteroatoms. The van der Waals surface area contributed by atoms with Gasteiger partial charge in [-0.25, -0.2) is 9.59 Å². The normalized spacial score (nSPS) is 19.7. The molecule has 0 aliphatic carbocycles. The van der Waals surface area contributed by atoms with Crippen LogP contribution in [0.25, 0.3) is 0 Å².